The summed E-state index contributed by atoms with van der Waals surface area (Å²) >= 11 is 3.44. The topological polar surface area (TPSA) is 55.0 Å². The van der Waals surface area contributed by atoms with Crippen molar-refractivity contribution in [1.29, 1.82) is 0 Å². The van der Waals surface area contributed by atoms with Crippen LogP contribution >= 0.6 is 15.9 Å². The van der Waals surface area contributed by atoms with E-state index < -0.39 is 0 Å². The summed E-state index contributed by atoms with van der Waals surface area (Å²) in [5.74, 6) is 0.887. The van der Waals surface area contributed by atoms with Gasteiger partial charge in [0.15, 0.2) is 0 Å². The maximum atomic E-state index is 5.45. The molecule has 1 aromatic heterocycles. The maximum Gasteiger partial charge on any atom is 0.146 e. The summed E-state index contributed by atoms with van der Waals surface area (Å²) in [6.45, 7) is 3.34. The van der Waals surface area contributed by atoms with E-state index in [2.05, 4.69) is 25.9 Å². The van der Waals surface area contributed by atoms with Gasteiger partial charge in [-0.1, -0.05) is 0 Å². The summed E-state index contributed by atoms with van der Waals surface area (Å²) in [4.78, 5) is 10.2. The first kappa shape index (κ1) is 10.4. The van der Waals surface area contributed by atoms with Crippen LogP contribution < -0.4 is 10.6 Å². The molecule has 0 aliphatic heterocycles. The third-order valence-electron chi connectivity index (χ3n) is 1.77. The highest BCUT2D eigenvalue weighted by Gasteiger charge is 2.08. The molecule has 0 aliphatic rings. The zero-order chi connectivity index (χ0) is 9.84. The van der Waals surface area contributed by atoms with E-state index in [4.69, 9.17) is 5.73 Å². The van der Waals surface area contributed by atoms with Gasteiger partial charge in [0.1, 0.15) is 12.1 Å². The van der Waals surface area contributed by atoms with Crippen molar-refractivity contribution in [1.82, 2.24) is 9.97 Å². The van der Waals surface area contributed by atoms with Crippen LogP contribution in [0.15, 0.2) is 10.8 Å². The number of aromatic nitrogens is 2. The molecule has 0 amide bonds. The minimum Gasteiger partial charge on any atom is -0.357 e. The molecule has 1 aromatic rings. The minimum absolute atomic E-state index is 0.617. The van der Waals surface area contributed by atoms with Crippen molar-refractivity contribution >= 4 is 21.7 Å². The normalized spacial score (nSPS) is 10.2. The van der Waals surface area contributed by atoms with E-state index in [1.165, 1.54) is 0 Å². The molecule has 5 heteroatoms. The molecule has 0 saturated heterocycles. The minimum atomic E-state index is 0.617. The van der Waals surface area contributed by atoms with Gasteiger partial charge in [0.25, 0.3) is 0 Å². The summed E-state index contributed by atoms with van der Waals surface area (Å²) in [5.41, 5.74) is 6.39. The van der Waals surface area contributed by atoms with Gasteiger partial charge in [-0.2, -0.15) is 0 Å². The van der Waals surface area contributed by atoms with Crippen molar-refractivity contribution < 1.29 is 0 Å². The molecule has 72 valence electrons. The van der Waals surface area contributed by atoms with Gasteiger partial charge in [-0.3, -0.25) is 0 Å². The van der Waals surface area contributed by atoms with Gasteiger partial charge in [-0.05, 0) is 22.9 Å². The Morgan fingerprint density at radius 1 is 1.54 bits per heavy atom. The summed E-state index contributed by atoms with van der Waals surface area (Å²) in [7, 11) is 1.96. The molecule has 0 bridgehead atoms. The van der Waals surface area contributed by atoms with Gasteiger partial charge in [-0.25, -0.2) is 9.97 Å². The molecule has 2 N–H and O–H groups in total. The number of nitrogens with two attached hydrogens (primary N) is 1. The van der Waals surface area contributed by atoms with Crippen molar-refractivity contribution in [2.75, 3.05) is 25.0 Å². The number of halogens is 1. The maximum absolute atomic E-state index is 5.45. The molecule has 4 nitrogen and oxygen atoms in total. The Morgan fingerprint density at radius 3 is 2.85 bits per heavy atom. The number of rotatable bonds is 3. The van der Waals surface area contributed by atoms with E-state index in [-0.39, 0.29) is 0 Å². The Morgan fingerprint density at radius 2 is 2.23 bits per heavy atom. The molecule has 1 heterocycles. The molecule has 0 radical (unpaired) electrons. The van der Waals surface area contributed by atoms with E-state index in [1.54, 1.807) is 6.33 Å². The molecule has 0 aromatic carbocycles. The first-order chi connectivity index (χ1) is 6.16. The molecule has 0 spiro atoms. The Kier molecular flexibility index (Phi) is 3.62. The van der Waals surface area contributed by atoms with E-state index in [0.717, 1.165) is 22.5 Å². The zero-order valence-electron chi connectivity index (χ0n) is 7.79. The van der Waals surface area contributed by atoms with Crippen LogP contribution in [0.3, 0.4) is 0 Å². The standard InChI is InChI=1S/C8H13BrN4/c1-6-7(9)8(12-5-11-6)13(2)4-3-10/h5H,3-4,10H2,1-2H3. The van der Waals surface area contributed by atoms with Gasteiger partial charge in [-0.15, -0.1) is 0 Å². The zero-order valence-corrected chi connectivity index (χ0v) is 9.37. The van der Waals surface area contributed by atoms with Crippen LogP contribution in [0.5, 0.6) is 0 Å². The molecule has 0 unspecified atom stereocenters. The quantitative estimate of drug-likeness (QED) is 0.861. The van der Waals surface area contributed by atoms with Crippen molar-refractivity contribution in [2.45, 2.75) is 6.92 Å². The molecule has 0 saturated carbocycles. The first-order valence-corrected chi connectivity index (χ1v) is 4.84. The van der Waals surface area contributed by atoms with Crippen LogP contribution in [-0.4, -0.2) is 30.1 Å². The van der Waals surface area contributed by atoms with Gasteiger partial charge in [0.2, 0.25) is 0 Å². The lowest BCUT2D eigenvalue weighted by Crippen LogP contribution is -2.26. The molecular formula is C8H13BrN4. The SMILES string of the molecule is Cc1ncnc(N(C)CCN)c1Br. The highest BCUT2D eigenvalue weighted by Crippen LogP contribution is 2.23. The average Bonchev–Trinajstić information content (AvgIpc) is 2.10. The Hall–Kier alpha value is -0.680. The van der Waals surface area contributed by atoms with Crippen LogP contribution in [0.4, 0.5) is 5.82 Å². The lowest BCUT2D eigenvalue weighted by Gasteiger charge is -2.18. The first-order valence-electron chi connectivity index (χ1n) is 4.05. The van der Waals surface area contributed by atoms with Gasteiger partial charge in [0.05, 0.1) is 10.2 Å². The van der Waals surface area contributed by atoms with E-state index in [1.807, 2.05) is 18.9 Å². The predicted octanol–water partition coefficient (Wildman–Crippen LogP) is 0.942. The molecule has 0 atom stereocenters. The number of likely N-dealkylation sites (N-methyl/N-ethyl adjacent to an activating group) is 1. The fourth-order valence-electron chi connectivity index (χ4n) is 1.01. The second kappa shape index (κ2) is 4.53. The summed E-state index contributed by atoms with van der Waals surface area (Å²) < 4.78 is 0.936. The van der Waals surface area contributed by atoms with Gasteiger partial charge < -0.3 is 10.6 Å². The lowest BCUT2D eigenvalue weighted by molar-refractivity contribution is 0.857. The van der Waals surface area contributed by atoms with Crippen LogP contribution in [0.1, 0.15) is 5.69 Å². The third kappa shape index (κ3) is 2.38. The molecule has 0 fully saturated rings. The van der Waals surface area contributed by atoms with E-state index in [0.29, 0.717) is 6.54 Å². The van der Waals surface area contributed by atoms with E-state index >= 15 is 0 Å². The van der Waals surface area contributed by atoms with Crippen molar-refractivity contribution in [3.8, 4) is 0 Å². The Balaban J connectivity index is 2.93. The van der Waals surface area contributed by atoms with Gasteiger partial charge >= 0.3 is 0 Å². The second-order valence-corrected chi connectivity index (χ2v) is 3.60. The fraction of sp³-hybridized carbons (Fsp3) is 0.500. The number of hydrogen-bond acceptors (Lipinski definition) is 4. The number of anilines is 1. The highest BCUT2D eigenvalue weighted by molar-refractivity contribution is 9.10. The lowest BCUT2D eigenvalue weighted by atomic mass is 10.4. The summed E-state index contributed by atoms with van der Waals surface area (Å²) in [5, 5.41) is 0. The monoisotopic (exact) mass is 244 g/mol. The van der Waals surface area contributed by atoms with Crippen LogP contribution in [0.2, 0.25) is 0 Å². The molecule has 0 aliphatic carbocycles. The van der Waals surface area contributed by atoms with Crippen LogP contribution in [-0.2, 0) is 0 Å². The predicted molar refractivity (Wildman–Crippen MR) is 56.8 cm³/mol. The average molecular weight is 245 g/mol. The number of aryl methyl sites for hydroxylation is 1. The fourth-order valence-corrected chi connectivity index (χ4v) is 1.52. The van der Waals surface area contributed by atoms with Crippen molar-refractivity contribution in [2.24, 2.45) is 5.73 Å². The number of hydrogen-bond donors (Lipinski definition) is 1. The molecule has 13 heavy (non-hydrogen) atoms. The molecule has 1 rings (SSSR count). The number of nitrogens with zero attached hydrogens (tertiary/aromatic N) is 3. The second-order valence-electron chi connectivity index (χ2n) is 2.81. The highest BCUT2D eigenvalue weighted by atomic mass is 79.9. The van der Waals surface area contributed by atoms with Crippen molar-refractivity contribution in [3.63, 3.8) is 0 Å². The van der Waals surface area contributed by atoms with Crippen molar-refractivity contribution in [3.05, 3.63) is 16.5 Å². The largest absolute Gasteiger partial charge is 0.357 e. The van der Waals surface area contributed by atoms with E-state index in [9.17, 15) is 0 Å². The molecular weight excluding hydrogens is 232 g/mol. The summed E-state index contributed by atoms with van der Waals surface area (Å²) in [6.07, 6.45) is 1.56. The summed E-state index contributed by atoms with van der Waals surface area (Å²) in [6, 6.07) is 0. The smallest absolute Gasteiger partial charge is 0.146 e. The third-order valence-corrected chi connectivity index (χ3v) is 2.70. The Bertz CT molecular complexity index is 289. The van der Waals surface area contributed by atoms with Gasteiger partial charge in [0, 0.05) is 20.1 Å². The van der Waals surface area contributed by atoms with Crippen LogP contribution in [0.25, 0.3) is 0 Å². The van der Waals surface area contributed by atoms with Crippen LogP contribution in [0, 0.1) is 6.92 Å². The Labute approximate surface area is 86.3 Å².